The molecule has 0 spiro atoms. The van der Waals surface area contributed by atoms with Gasteiger partial charge >= 0.3 is 0 Å². The van der Waals surface area contributed by atoms with Crippen molar-refractivity contribution in [3.63, 3.8) is 0 Å². The van der Waals surface area contributed by atoms with Gasteiger partial charge in [-0.3, -0.25) is 0 Å². The summed E-state index contributed by atoms with van der Waals surface area (Å²) in [5.41, 5.74) is 12.4. The first kappa shape index (κ1) is 32.1. The van der Waals surface area contributed by atoms with Crippen molar-refractivity contribution in [2.75, 3.05) is 4.90 Å². The Balaban J connectivity index is 1.12. The predicted octanol–water partition coefficient (Wildman–Crippen LogP) is 12.8. The van der Waals surface area contributed by atoms with Gasteiger partial charge in [0.15, 0.2) is 17.5 Å². The Morgan fingerprint density at radius 3 is 1.66 bits per heavy atom. The maximum absolute atomic E-state index is 6.69. The van der Waals surface area contributed by atoms with Gasteiger partial charge in [0.1, 0.15) is 11.2 Å². The maximum Gasteiger partial charge on any atom is 0.164 e. The molecule has 2 aromatic heterocycles. The zero-order valence-electron chi connectivity index (χ0n) is 30.3. The highest BCUT2D eigenvalue weighted by molar-refractivity contribution is 6.13. The fourth-order valence-corrected chi connectivity index (χ4v) is 8.42. The molecular formula is C51H34N4O. The second kappa shape index (κ2) is 13.2. The number of nitrogens with zero attached hydrogens (tertiary/aromatic N) is 4. The molecule has 56 heavy (non-hydrogen) atoms. The molecule has 5 nitrogen and oxygen atoms in total. The van der Waals surface area contributed by atoms with E-state index < -0.39 is 0 Å². The van der Waals surface area contributed by atoms with E-state index in [4.69, 9.17) is 19.4 Å². The first-order valence-electron chi connectivity index (χ1n) is 19.0. The molecule has 2 aliphatic rings. The van der Waals surface area contributed by atoms with Gasteiger partial charge in [0, 0.05) is 44.8 Å². The standard InChI is InChI=1S/C51H34N4O/c1-4-15-33(16-5-1)35-19-12-21-37(29-35)49-52-50(38-22-13-20-36(30-38)34-17-6-2-7-18-34)54-51(53-49)41-26-14-28-46-48(41)43-31-45-42(32-47(43)56-46)40-25-10-11-27-44(40)55(45)39-23-8-3-9-24-39/h1-32,40,44H. The third kappa shape index (κ3) is 5.44. The van der Waals surface area contributed by atoms with E-state index in [2.05, 4.69) is 175 Å². The van der Waals surface area contributed by atoms with Crippen LogP contribution in [0.2, 0.25) is 0 Å². The monoisotopic (exact) mass is 718 g/mol. The normalized spacial score (nSPS) is 15.7. The van der Waals surface area contributed by atoms with Gasteiger partial charge in [-0.05, 0) is 70.3 Å². The first-order chi connectivity index (χ1) is 27.7. The number of furan rings is 1. The lowest BCUT2D eigenvalue weighted by atomic mass is 9.91. The molecule has 0 fully saturated rings. The Hall–Kier alpha value is -7.37. The molecule has 9 aromatic rings. The lowest BCUT2D eigenvalue weighted by Crippen LogP contribution is -2.28. The summed E-state index contributed by atoms with van der Waals surface area (Å²) in [6.07, 6.45) is 8.92. The largest absolute Gasteiger partial charge is 0.456 e. The summed E-state index contributed by atoms with van der Waals surface area (Å²) in [4.78, 5) is 18.1. The molecule has 0 amide bonds. The van der Waals surface area contributed by atoms with Crippen LogP contribution >= 0.6 is 0 Å². The van der Waals surface area contributed by atoms with Crippen molar-refractivity contribution < 1.29 is 4.42 Å². The number of rotatable bonds is 6. The van der Waals surface area contributed by atoms with E-state index >= 15 is 0 Å². The third-order valence-electron chi connectivity index (χ3n) is 11.0. The average molecular weight is 719 g/mol. The Morgan fingerprint density at radius 1 is 0.446 bits per heavy atom. The van der Waals surface area contributed by atoms with Gasteiger partial charge in [0.2, 0.25) is 0 Å². The minimum atomic E-state index is 0.182. The highest BCUT2D eigenvalue weighted by atomic mass is 16.3. The molecule has 3 heterocycles. The SMILES string of the molecule is C1=CC2c3cc4oc5cccc(-c6nc(-c7cccc(-c8ccccc8)c7)nc(-c7cccc(-c8ccccc8)c7)n6)c5c4cc3N(c3ccccc3)C2C=C1. The van der Waals surface area contributed by atoms with Gasteiger partial charge in [-0.25, -0.2) is 15.0 Å². The maximum atomic E-state index is 6.69. The lowest BCUT2D eigenvalue weighted by molar-refractivity contribution is 0.667. The highest BCUT2D eigenvalue weighted by Gasteiger charge is 2.38. The Bertz CT molecular complexity index is 2890. The van der Waals surface area contributed by atoms with Crippen LogP contribution in [0.15, 0.2) is 199 Å². The molecule has 0 saturated heterocycles. The van der Waals surface area contributed by atoms with Gasteiger partial charge in [-0.15, -0.1) is 0 Å². The molecule has 11 rings (SSSR count). The van der Waals surface area contributed by atoms with E-state index in [1.807, 2.05) is 24.3 Å². The van der Waals surface area contributed by atoms with E-state index in [1.54, 1.807) is 0 Å². The van der Waals surface area contributed by atoms with E-state index in [0.717, 1.165) is 66.6 Å². The third-order valence-corrected chi connectivity index (χ3v) is 11.0. The van der Waals surface area contributed by atoms with Crippen molar-refractivity contribution in [1.82, 2.24) is 15.0 Å². The predicted molar refractivity (Wildman–Crippen MR) is 228 cm³/mol. The van der Waals surface area contributed by atoms with E-state index in [0.29, 0.717) is 17.5 Å². The summed E-state index contributed by atoms with van der Waals surface area (Å²) in [6.45, 7) is 0. The number of allylic oxidation sites excluding steroid dienone is 2. The molecule has 7 aromatic carbocycles. The van der Waals surface area contributed by atoms with Crippen molar-refractivity contribution in [2.24, 2.45) is 0 Å². The second-order valence-corrected chi connectivity index (χ2v) is 14.4. The number of hydrogen-bond acceptors (Lipinski definition) is 5. The van der Waals surface area contributed by atoms with Crippen molar-refractivity contribution in [1.29, 1.82) is 0 Å². The van der Waals surface area contributed by atoms with Crippen molar-refractivity contribution in [2.45, 2.75) is 12.0 Å². The quantitative estimate of drug-likeness (QED) is 0.171. The summed E-state index contributed by atoms with van der Waals surface area (Å²) in [6, 6.07) is 59.3. The van der Waals surface area contributed by atoms with Crippen LogP contribution in [-0.2, 0) is 0 Å². The van der Waals surface area contributed by atoms with Crippen LogP contribution < -0.4 is 4.90 Å². The highest BCUT2D eigenvalue weighted by Crippen LogP contribution is 2.50. The van der Waals surface area contributed by atoms with Crippen molar-refractivity contribution in [3.8, 4) is 56.4 Å². The smallest absolute Gasteiger partial charge is 0.164 e. The van der Waals surface area contributed by atoms with Crippen LogP contribution in [0, 0.1) is 0 Å². The van der Waals surface area contributed by atoms with Crippen LogP contribution in [0.1, 0.15) is 11.5 Å². The zero-order valence-corrected chi connectivity index (χ0v) is 30.3. The molecule has 2 unspecified atom stereocenters. The van der Waals surface area contributed by atoms with Crippen molar-refractivity contribution >= 4 is 33.3 Å². The molecular weight excluding hydrogens is 685 g/mol. The Labute approximate surface area is 324 Å². The molecule has 264 valence electrons. The van der Waals surface area contributed by atoms with E-state index in [9.17, 15) is 0 Å². The summed E-state index contributed by atoms with van der Waals surface area (Å²) in [5.74, 6) is 2.03. The van der Waals surface area contributed by atoms with Gasteiger partial charge in [0.05, 0.1) is 6.04 Å². The van der Waals surface area contributed by atoms with E-state index in [-0.39, 0.29) is 12.0 Å². The van der Waals surface area contributed by atoms with Crippen LogP contribution in [0.25, 0.3) is 78.4 Å². The summed E-state index contributed by atoms with van der Waals surface area (Å²) in [5, 5.41) is 2.01. The van der Waals surface area contributed by atoms with Gasteiger partial charge in [-0.1, -0.05) is 152 Å². The molecule has 0 saturated carbocycles. The van der Waals surface area contributed by atoms with Gasteiger partial charge < -0.3 is 9.32 Å². The second-order valence-electron chi connectivity index (χ2n) is 14.4. The van der Waals surface area contributed by atoms with Crippen LogP contribution in [0.3, 0.4) is 0 Å². The lowest BCUT2D eigenvalue weighted by Gasteiger charge is -2.28. The zero-order chi connectivity index (χ0) is 37.0. The minimum Gasteiger partial charge on any atom is -0.456 e. The first-order valence-corrected chi connectivity index (χ1v) is 19.0. The number of hydrogen-bond donors (Lipinski definition) is 0. The van der Waals surface area contributed by atoms with Crippen LogP contribution in [0.4, 0.5) is 11.4 Å². The van der Waals surface area contributed by atoms with Gasteiger partial charge in [-0.2, -0.15) is 0 Å². The average Bonchev–Trinajstić information content (AvgIpc) is 3.81. The topological polar surface area (TPSA) is 55.1 Å². The Kier molecular flexibility index (Phi) is 7.56. The van der Waals surface area contributed by atoms with Crippen LogP contribution in [0.5, 0.6) is 0 Å². The number of fused-ring (bicyclic) bond motifs is 6. The molecule has 0 N–H and O–H groups in total. The summed E-state index contributed by atoms with van der Waals surface area (Å²) < 4.78 is 6.69. The molecule has 5 heteroatoms. The number of aromatic nitrogens is 3. The molecule has 0 bridgehead atoms. The Morgan fingerprint density at radius 2 is 1.00 bits per heavy atom. The number of benzene rings is 7. The fourth-order valence-electron chi connectivity index (χ4n) is 8.42. The molecule has 1 aliphatic heterocycles. The van der Waals surface area contributed by atoms with Crippen molar-refractivity contribution in [3.05, 3.63) is 200 Å². The van der Waals surface area contributed by atoms with E-state index in [1.165, 1.54) is 11.3 Å². The fraction of sp³-hybridized carbons (Fsp3) is 0.0392. The minimum absolute atomic E-state index is 0.182. The number of anilines is 2. The summed E-state index contributed by atoms with van der Waals surface area (Å²) in [7, 11) is 0. The molecule has 0 radical (unpaired) electrons. The molecule has 1 aliphatic carbocycles. The van der Waals surface area contributed by atoms with Gasteiger partial charge in [0.25, 0.3) is 0 Å². The molecule has 2 atom stereocenters. The number of para-hydroxylation sites is 1. The summed E-state index contributed by atoms with van der Waals surface area (Å²) >= 11 is 0. The van der Waals surface area contributed by atoms with Crippen LogP contribution in [-0.4, -0.2) is 21.0 Å².